The Kier molecular flexibility index (Phi) is 4.58. The van der Waals surface area contributed by atoms with Gasteiger partial charge in [0, 0.05) is 24.6 Å². The van der Waals surface area contributed by atoms with E-state index in [4.69, 9.17) is 9.47 Å². The highest BCUT2D eigenvalue weighted by molar-refractivity contribution is 5.95. The molecule has 1 amide bonds. The van der Waals surface area contributed by atoms with Crippen LogP contribution in [-0.2, 0) is 0 Å². The third kappa shape index (κ3) is 2.90. The molecule has 1 aromatic rings. The summed E-state index contributed by atoms with van der Waals surface area (Å²) in [4.78, 5) is 14.7. The molecule has 6 nitrogen and oxygen atoms in total. The van der Waals surface area contributed by atoms with Crippen molar-refractivity contribution in [2.45, 2.75) is 37.7 Å². The van der Waals surface area contributed by atoms with Crippen LogP contribution >= 0.6 is 0 Å². The average Bonchev–Trinajstić information content (AvgIpc) is 2.60. The Balaban J connectivity index is 1.82. The summed E-state index contributed by atoms with van der Waals surface area (Å²) >= 11 is 0. The van der Waals surface area contributed by atoms with Gasteiger partial charge in [0.05, 0.1) is 19.8 Å². The van der Waals surface area contributed by atoms with Crippen molar-refractivity contribution in [3.63, 3.8) is 0 Å². The maximum atomic E-state index is 12.9. The molecule has 0 radical (unpaired) electrons. The third-order valence-corrected chi connectivity index (χ3v) is 5.44. The number of piperidine rings is 1. The average molecular weight is 335 g/mol. The molecule has 0 aromatic heterocycles. The first-order valence-electron chi connectivity index (χ1n) is 8.45. The number of phenols is 1. The lowest BCUT2D eigenvalue weighted by Crippen LogP contribution is -2.54. The van der Waals surface area contributed by atoms with E-state index in [0.717, 1.165) is 25.7 Å². The molecule has 0 spiro atoms. The highest BCUT2D eigenvalue weighted by atomic mass is 16.5. The van der Waals surface area contributed by atoms with E-state index in [0.29, 0.717) is 25.1 Å². The maximum Gasteiger partial charge on any atom is 0.254 e. The van der Waals surface area contributed by atoms with E-state index in [2.05, 4.69) is 0 Å². The fourth-order valence-electron chi connectivity index (χ4n) is 3.95. The van der Waals surface area contributed by atoms with Crippen LogP contribution in [0.3, 0.4) is 0 Å². The van der Waals surface area contributed by atoms with Crippen LogP contribution in [0.5, 0.6) is 17.2 Å². The third-order valence-electron chi connectivity index (χ3n) is 5.44. The highest BCUT2D eigenvalue weighted by Crippen LogP contribution is 2.41. The molecule has 1 aliphatic heterocycles. The molecule has 0 bridgehead atoms. The number of hydrogen-bond acceptors (Lipinski definition) is 5. The summed E-state index contributed by atoms with van der Waals surface area (Å²) in [6, 6.07) is 3.06. The second-order valence-electron chi connectivity index (χ2n) is 6.78. The van der Waals surface area contributed by atoms with E-state index in [1.165, 1.54) is 26.4 Å². The second-order valence-corrected chi connectivity index (χ2v) is 6.78. The second kappa shape index (κ2) is 6.51. The molecular weight excluding hydrogens is 310 g/mol. The van der Waals surface area contributed by atoms with Crippen molar-refractivity contribution in [1.82, 2.24) is 4.90 Å². The minimum atomic E-state index is -0.612. The van der Waals surface area contributed by atoms with Gasteiger partial charge in [0.2, 0.25) is 5.75 Å². The van der Waals surface area contributed by atoms with Gasteiger partial charge in [-0.25, -0.2) is 0 Å². The lowest BCUT2D eigenvalue weighted by Gasteiger charge is -2.47. The topological polar surface area (TPSA) is 79.2 Å². The number of phenolic OH excluding ortho intramolecular Hbond substituents is 1. The van der Waals surface area contributed by atoms with Crippen LogP contribution < -0.4 is 9.47 Å². The van der Waals surface area contributed by atoms with Crippen LogP contribution in [0.25, 0.3) is 0 Å². The molecule has 2 N–H and O–H groups in total. The molecule has 6 heteroatoms. The Hall–Kier alpha value is -1.95. The first kappa shape index (κ1) is 16.9. The number of benzene rings is 1. The molecule has 2 aliphatic rings. The number of carbonyl (C=O) groups excluding carboxylic acids is 1. The Morgan fingerprint density at radius 1 is 1.21 bits per heavy atom. The molecule has 24 heavy (non-hydrogen) atoms. The van der Waals surface area contributed by atoms with Gasteiger partial charge in [-0.2, -0.15) is 0 Å². The van der Waals surface area contributed by atoms with Crippen molar-refractivity contribution < 1.29 is 24.5 Å². The standard InChI is InChI=1S/C18H25NO5/c1-23-14-9-12(10-15(24-2)16(14)20)17(21)19-8-7-18(22)6-4-3-5-13(18)11-19/h9-10,13,20,22H,3-8,11H2,1-2H3. The van der Waals surface area contributed by atoms with Crippen molar-refractivity contribution in [2.75, 3.05) is 27.3 Å². The van der Waals surface area contributed by atoms with Crippen molar-refractivity contribution >= 4 is 5.91 Å². The van der Waals surface area contributed by atoms with E-state index in [9.17, 15) is 15.0 Å². The summed E-state index contributed by atoms with van der Waals surface area (Å²) in [6.07, 6.45) is 4.59. The number of hydrogen-bond donors (Lipinski definition) is 2. The van der Waals surface area contributed by atoms with Crippen molar-refractivity contribution in [1.29, 1.82) is 0 Å². The molecule has 2 unspecified atom stereocenters. The Morgan fingerprint density at radius 2 is 1.88 bits per heavy atom. The molecule has 1 saturated heterocycles. The molecule has 2 fully saturated rings. The molecule has 2 atom stereocenters. The van der Waals surface area contributed by atoms with Crippen LogP contribution in [0.4, 0.5) is 0 Å². The minimum Gasteiger partial charge on any atom is -0.502 e. The van der Waals surface area contributed by atoms with Gasteiger partial charge in [-0.3, -0.25) is 4.79 Å². The number of carbonyl (C=O) groups is 1. The number of likely N-dealkylation sites (tertiary alicyclic amines) is 1. The van der Waals surface area contributed by atoms with E-state index in [1.807, 2.05) is 0 Å². The van der Waals surface area contributed by atoms with Gasteiger partial charge >= 0.3 is 0 Å². The number of aromatic hydroxyl groups is 1. The van der Waals surface area contributed by atoms with Gasteiger partial charge in [-0.1, -0.05) is 12.8 Å². The van der Waals surface area contributed by atoms with Crippen LogP contribution in [0, 0.1) is 5.92 Å². The minimum absolute atomic E-state index is 0.114. The van der Waals surface area contributed by atoms with Gasteiger partial charge < -0.3 is 24.6 Å². The molecule has 1 aliphatic carbocycles. The predicted octanol–water partition coefficient (Wildman–Crippen LogP) is 2.18. The summed E-state index contributed by atoms with van der Waals surface area (Å²) in [5, 5.41) is 20.7. The maximum absolute atomic E-state index is 12.9. The number of amides is 1. The first-order valence-corrected chi connectivity index (χ1v) is 8.45. The van der Waals surface area contributed by atoms with E-state index < -0.39 is 5.60 Å². The molecule has 1 aromatic carbocycles. The van der Waals surface area contributed by atoms with Crippen LogP contribution in [0.2, 0.25) is 0 Å². The summed E-state index contributed by atoms with van der Waals surface area (Å²) < 4.78 is 10.3. The lowest BCUT2D eigenvalue weighted by molar-refractivity contribution is -0.0886. The smallest absolute Gasteiger partial charge is 0.254 e. The Morgan fingerprint density at radius 3 is 2.50 bits per heavy atom. The number of ether oxygens (including phenoxy) is 2. The van der Waals surface area contributed by atoms with Gasteiger partial charge in [-0.05, 0) is 31.4 Å². The predicted molar refractivity (Wildman–Crippen MR) is 88.6 cm³/mol. The molecule has 1 heterocycles. The molecule has 1 saturated carbocycles. The number of methoxy groups -OCH3 is 2. The van der Waals surface area contributed by atoms with Crippen molar-refractivity contribution in [2.24, 2.45) is 5.92 Å². The van der Waals surface area contributed by atoms with Gasteiger partial charge in [0.15, 0.2) is 11.5 Å². The molecule has 3 rings (SSSR count). The fourth-order valence-corrected chi connectivity index (χ4v) is 3.95. The Labute approximate surface area is 142 Å². The molecular formula is C18H25NO5. The Bertz CT molecular complexity index is 607. The van der Waals surface area contributed by atoms with Crippen LogP contribution in [0.15, 0.2) is 12.1 Å². The summed E-state index contributed by atoms with van der Waals surface area (Å²) in [5.41, 5.74) is -0.193. The summed E-state index contributed by atoms with van der Waals surface area (Å²) in [5.74, 6) is 0.327. The summed E-state index contributed by atoms with van der Waals surface area (Å²) in [7, 11) is 2.87. The molecule has 132 valence electrons. The number of fused-ring (bicyclic) bond motifs is 1. The first-order chi connectivity index (χ1) is 11.5. The van der Waals surface area contributed by atoms with Crippen LogP contribution in [0.1, 0.15) is 42.5 Å². The quantitative estimate of drug-likeness (QED) is 0.885. The number of rotatable bonds is 3. The zero-order valence-electron chi connectivity index (χ0n) is 14.2. The van der Waals surface area contributed by atoms with Gasteiger partial charge in [-0.15, -0.1) is 0 Å². The van der Waals surface area contributed by atoms with Gasteiger partial charge in [0.25, 0.3) is 5.91 Å². The highest BCUT2D eigenvalue weighted by Gasteiger charge is 2.43. The zero-order valence-corrected chi connectivity index (χ0v) is 14.2. The van der Waals surface area contributed by atoms with Gasteiger partial charge in [0.1, 0.15) is 0 Å². The largest absolute Gasteiger partial charge is 0.502 e. The number of aliphatic hydroxyl groups is 1. The SMILES string of the molecule is COc1cc(C(=O)N2CCC3(O)CCCCC3C2)cc(OC)c1O. The monoisotopic (exact) mass is 335 g/mol. The van der Waals surface area contributed by atoms with E-state index in [-0.39, 0.29) is 29.1 Å². The van der Waals surface area contributed by atoms with E-state index >= 15 is 0 Å². The number of nitrogens with zero attached hydrogens (tertiary/aromatic N) is 1. The van der Waals surface area contributed by atoms with Crippen molar-refractivity contribution in [3.8, 4) is 17.2 Å². The normalized spacial score (nSPS) is 26.6. The fraction of sp³-hybridized carbons (Fsp3) is 0.611. The zero-order chi connectivity index (χ0) is 17.3. The lowest BCUT2D eigenvalue weighted by atomic mass is 9.71. The van der Waals surface area contributed by atoms with Crippen molar-refractivity contribution in [3.05, 3.63) is 17.7 Å². The van der Waals surface area contributed by atoms with Crippen LogP contribution in [-0.4, -0.2) is 53.9 Å². The van der Waals surface area contributed by atoms with E-state index in [1.54, 1.807) is 4.90 Å². The summed E-state index contributed by atoms with van der Waals surface area (Å²) in [6.45, 7) is 1.11.